The Balaban J connectivity index is 1.76. The van der Waals surface area contributed by atoms with Crippen LogP contribution in [0, 0.1) is 5.82 Å². The molecule has 1 atom stereocenters. The summed E-state index contributed by atoms with van der Waals surface area (Å²) in [7, 11) is 0. The topological polar surface area (TPSA) is 55.9 Å². The Morgan fingerprint density at radius 2 is 1.90 bits per heavy atom. The molecule has 0 unspecified atom stereocenters. The van der Waals surface area contributed by atoms with Crippen LogP contribution < -0.4 is 0 Å². The van der Waals surface area contributed by atoms with Crippen LogP contribution >= 0.6 is 0 Å². The van der Waals surface area contributed by atoms with E-state index in [9.17, 15) is 9.50 Å². The average molecular weight is 286 g/mol. The molecule has 0 saturated carbocycles. The first-order valence-corrected chi connectivity index (χ1v) is 6.66. The number of hydrogen-bond donors (Lipinski definition) is 1. The Bertz CT molecular complexity index is 691. The Morgan fingerprint density at radius 1 is 1.10 bits per heavy atom. The molecule has 1 N–H and O–H groups in total. The van der Waals surface area contributed by atoms with E-state index in [2.05, 4.69) is 10.1 Å². The molecule has 3 aromatic rings. The summed E-state index contributed by atoms with van der Waals surface area (Å²) in [5.74, 6) is 0.210. The maximum atomic E-state index is 12.9. The molecule has 0 radical (unpaired) electrons. The van der Waals surface area contributed by atoms with Crippen LogP contribution in [0.1, 0.15) is 17.5 Å². The van der Waals surface area contributed by atoms with E-state index in [1.165, 1.54) is 12.1 Å². The van der Waals surface area contributed by atoms with E-state index in [1.54, 1.807) is 24.5 Å². The van der Waals surface area contributed by atoms with Crippen LogP contribution in [0.15, 0.2) is 55.1 Å². The summed E-state index contributed by atoms with van der Waals surface area (Å²) < 4.78 is 16.6. The number of nitrogens with zero attached hydrogens (tertiary/aromatic N) is 4. The Kier molecular flexibility index (Phi) is 3.79. The maximum absolute atomic E-state index is 12.9. The summed E-state index contributed by atoms with van der Waals surface area (Å²) >= 11 is 0. The zero-order valence-electron chi connectivity index (χ0n) is 11.3. The number of aliphatic hydroxyl groups excluding tert-OH is 1. The molecule has 0 spiro atoms. The first-order chi connectivity index (χ1) is 10.2. The van der Waals surface area contributed by atoms with Gasteiger partial charge in [0.05, 0.1) is 6.54 Å². The van der Waals surface area contributed by atoms with E-state index in [-0.39, 0.29) is 5.82 Å². The Morgan fingerprint density at radius 3 is 2.62 bits per heavy atom. The lowest BCUT2D eigenvalue weighted by molar-refractivity contribution is 0.203. The molecule has 1 aromatic carbocycles. The van der Waals surface area contributed by atoms with Crippen molar-refractivity contribution in [3.8, 4) is 0 Å². The van der Waals surface area contributed by atoms with Gasteiger partial charge in [-0.1, -0.05) is 12.1 Å². The van der Waals surface area contributed by atoms with Gasteiger partial charge in [0, 0.05) is 31.3 Å². The molecule has 0 aliphatic rings. The van der Waals surface area contributed by atoms with Gasteiger partial charge in [0.15, 0.2) is 0 Å². The van der Waals surface area contributed by atoms with Gasteiger partial charge in [0.25, 0.3) is 0 Å². The average Bonchev–Trinajstić information content (AvgIpc) is 3.16. The third-order valence-electron chi connectivity index (χ3n) is 3.31. The molecular weight excluding hydrogens is 271 g/mol. The van der Waals surface area contributed by atoms with Crippen molar-refractivity contribution in [2.24, 2.45) is 0 Å². The quantitative estimate of drug-likeness (QED) is 0.780. The smallest absolute Gasteiger partial charge is 0.142 e. The molecule has 3 rings (SSSR count). The second-order valence-electron chi connectivity index (χ2n) is 4.70. The highest BCUT2D eigenvalue weighted by atomic mass is 19.1. The van der Waals surface area contributed by atoms with Crippen LogP contribution in [-0.2, 0) is 13.1 Å². The third-order valence-corrected chi connectivity index (χ3v) is 3.31. The van der Waals surface area contributed by atoms with Crippen molar-refractivity contribution in [2.75, 3.05) is 0 Å². The summed E-state index contributed by atoms with van der Waals surface area (Å²) in [6.07, 6.45) is 6.18. The van der Waals surface area contributed by atoms with Gasteiger partial charge in [-0.15, -0.1) is 0 Å². The summed E-state index contributed by atoms with van der Waals surface area (Å²) in [5, 5.41) is 14.5. The lowest BCUT2D eigenvalue weighted by Gasteiger charge is -2.13. The molecule has 21 heavy (non-hydrogen) atoms. The second-order valence-corrected chi connectivity index (χ2v) is 4.70. The van der Waals surface area contributed by atoms with Gasteiger partial charge in [0.1, 0.15) is 17.7 Å². The maximum Gasteiger partial charge on any atom is 0.142 e. The van der Waals surface area contributed by atoms with Gasteiger partial charge in [-0.05, 0) is 23.8 Å². The van der Waals surface area contributed by atoms with Crippen LogP contribution in [0.4, 0.5) is 4.39 Å². The fourth-order valence-electron chi connectivity index (χ4n) is 2.19. The minimum atomic E-state index is -0.877. The van der Waals surface area contributed by atoms with E-state index in [0.717, 1.165) is 0 Å². The lowest BCUT2D eigenvalue weighted by atomic mass is 10.1. The van der Waals surface area contributed by atoms with Crippen molar-refractivity contribution in [1.29, 1.82) is 0 Å². The van der Waals surface area contributed by atoms with Gasteiger partial charge in [-0.2, -0.15) is 5.10 Å². The Hall–Kier alpha value is -2.47. The highest BCUT2D eigenvalue weighted by molar-refractivity contribution is 5.23. The monoisotopic (exact) mass is 286 g/mol. The second kappa shape index (κ2) is 5.88. The van der Waals surface area contributed by atoms with Crippen LogP contribution in [0.2, 0.25) is 0 Å². The highest BCUT2D eigenvalue weighted by Crippen LogP contribution is 2.20. The first-order valence-electron chi connectivity index (χ1n) is 6.66. The van der Waals surface area contributed by atoms with Crippen molar-refractivity contribution in [1.82, 2.24) is 19.3 Å². The van der Waals surface area contributed by atoms with E-state index >= 15 is 0 Å². The highest BCUT2D eigenvalue weighted by Gasteiger charge is 2.16. The minimum Gasteiger partial charge on any atom is -0.380 e. The van der Waals surface area contributed by atoms with Crippen LogP contribution in [0.25, 0.3) is 0 Å². The lowest BCUT2D eigenvalue weighted by Crippen LogP contribution is -2.13. The number of benzene rings is 1. The van der Waals surface area contributed by atoms with Gasteiger partial charge < -0.3 is 9.67 Å². The van der Waals surface area contributed by atoms with Crippen molar-refractivity contribution in [3.05, 3.63) is 72.3 Å². The van der Waals surface area contributed by atoms with Crippen molar-refractivity contribution >= 4 is 0 Å². The molecule has 2 aromatic heterocycles. The van der Waals surface area contributed by atoms with E-state index in [0.29, 0.717) is 24.5 Å². The predicted molar refractivity (Wildman–Crippen MR) is 74.9 cm³/mol. The minimum absolute atomic E-state index is 0.326. The van der Waals surface area contributed by atoms with Crippen molar-refractivity contribution < 1.29 is 9.50 Å². The molecular formula is C15H15FN4O. The van der Waals surface area contributed by atoms with Crippen LogP contribution in [-0.4, -0.2) is 24.4 Å². The standard InChI is InChI=1S/C15H15FN4O/c16-13-4-2-12(3-5-13)14(21)15-17-7-9-19(15)10-11-20-8-1-6-18-20/h1-9,14,21H,10-11H2/t14-/m0/s1. The Labute approximate surface area is 121 Å². The largest absolute Gasteiger partial charge is 0.380 e. The molecule has 0 aliphatic heterocycles. The van der Waals surface area contributed by atoms with Gasteiger partial charge in [0.2, 0.25) is 0 Å². The molecule has 5 nitrogen and oxygen atoms in total. The van der Waals surface area contributed by atoms with Gasteiger partial charge in [-0.3, -0.25) is 4.68 Å². The molecule has 0 fully saturated rings. The molecule has 0 amide bonds. The van der Waals surface area contributed by atoms with Crippen molar-refractivity contribution in [3.63, 3.8) is 0 Å². The molecule has 0 bridgehead atoms. The predicted octanol–water partition coefficient (Wildman–Crippen LogP) is 2.00. The third kappa shape index (κ3) is 3.00. The number of aryl methyl sites for hydroxylation is 2. The zero-order chi connectivity index (χ0) is 14.7. The molecule has 0 saturated heterocycles. The van der Waals surface area contributed by atoms with Crippen LogP contribution in [0.3, 0.4) is 0 Å². The molecule has 108 valence electrons. The van der Waals surface area contributed by atoms with E-state index in [4.69, 9.17) is 0 Å². The first kappa shape index (κ1) is 13.5. The fourth-order valence-corrected chi connectivity index (χ4v) is 2.19. The summed E-state index contributed by atoms with van der Waals surface area (Å²) in [6, 6.07) is 7.65. The molecule has 0 aliphatic carbocycles. The number of aromatic nitrogens is 4. The van der Waals surface area contributed by atoms with E-state index < -0.39 is 6.10 Å². The fraction of sp³-hybridized carbons (Fsp3) is 0.200. The number of aliphatic hydroxyl groups is 1. The van der Waals surface area contributed by atoms with Crippen molar-refractivity contribution in [2.45, 2.75) is 19.2 Å². The summed E-state index contributed by atoms with van der Waals surface area (Å²) in [4.78, 5) is 4.20. The SMILES string of the molecule is O[C@@H](c1ccc(F)cc1)c1nccn1CCn1cccn1. The number of hydrogen-bond acceptors (Lipinski definition) is 3. The molecule has 2 heterocycles. The molecule has 6 heteroatoms. The number of rotatable bonds is 5. The zero-order valence-corrected chi connectivity index (χ0v) is 11.3. The number of imidazole rings is 1. The van der Waals surface area contributed by atoms with Crippen LogP contribution in [0.5, 0.6) is 0 Å². The summed E-state index contributed by atoms with van der Waals surface area (Å²) in [5.41, 5.74) is 0.614. The van der Waals surface area contributed by atoms with Gasteiger partial charge >= 0.3 is 0 Å². The number of halogens is 1. The van der Waals surface area contributed by atoms with Gasteiger partial charge in [-0.25, -0.2) is 9.37 Å². The normalized spacial score (nSPS) is 12.5. The van der Waals surface area contributed by atoms with E-state index in [1.807, 2.05) is 27.7 Å². The summed E-state index contributed by atoms with van der Waals surface area (Å²) in [6.45, 7) is 1.34.